The van der Waals surface area contributed by atoms with E-state index in [1.54, 1.807) is 0 Å². The zero-order valence-corrected chi connectivity index (χ0v) is 11.8. The van der Waals surface area contributed by atoms with Crippen LogP contribution in [0.4, 0.5) is 5.95 Å². The lowest BCUT2D eigenvalue weighted by atomic mass is 9.91. The second-order valence-corrected chi connectivity index (χ2v) is 5.53. The molecule has 1 unspecified atom stereocenters. The molecule has 1 aromatic heterocycles. The van der Waals surface area contributed by atoms with E-state index >= 15 is 0 Å². The first-order valence-corrected chi connectivity index (χ1v) is 7.22. The van der Waals surface area contributed by atoms with Gasteiger partial charge in [0.05, 0.1) is 0 Å². The van der Waals surface area contributed by atoms with Gasteiger partial charge in [-0.25, -0.2) is 0 Å². The van der Waals surface area contributed by atoms with Gasteiger partial charge >= 0.3 is 0 Å². The number of anilines is 1. The highest BCUT2D eigenvalue weighted by Gasteiger charge is 2.24. The van der Waals surface area contributed by atoms with E-state index in [-0.39, 0.29) is 6.04 Å². The number of nitrogens with one attached hydrogen (secondary N) is 1. The average molecular weight is 271 g/mol. The van der Waals surface area contributed by atoms with E-state index in [0.29, 0.717) is 5.92 Å². The van der Waals surface area contributed by atoms with E-state index in [4.69, 9.17) is 5.73 Å². The number of nitrogens with two attached hydrogens (primary N) is 1. The number of benzene rings is 1. The monoisotopic (exact) mass is 271 g/mol. The molecule has 1 aliphatic heterocycles. The average Bonchev–Trinajstić information content (AvgIpc) is 2.98. The molecular weight excluding hydrogens is 250 g/mol. The van der Waals surface area contributed by atoms with E-state index in [2.05, 4.69) is 27.0 Å². The van der Waals surface area contributed by atoms with Crippen LogP contribution < -0.4 is 10.6 Å². The number of aromatic amines is 1. The molecule has 1 aliphatic rings. The highest BCUT2D eigenvalue weighted by Crippen LogP contribution is 2.24. The van der Waals surface area contributed by atoms with Crippen molar-refractivity contribution in [1.82, 2.24) is 15.2 Å². The smallest absolute Gasteiger partial charge is 0.245 e. The number of hydrogen-bond donors (Lipinski definition) is 2. The second kappa shape index (κ2) is 5.63. The molecule has 20 heavy (non-hydrogen) atoms. The lowest BCUT2D eigenvalue weighted by molar-refractivity contribution is 0.352. The van der Waals surface area contributed by atoms with Crippen molar-refractivity contribution in [3.8, 4) is 11.4 Å². The van der Waals surface area contributed by atoms with Crippen LogP contribution in [0, 0.1) is 5.92 Å². The van der Waals surface area contributed by atoms with E-state index < -0.39 is 0 Å². The van der Waals surface area contributed by atoms with Gasteiger partial charge in [-0.05, 0) is 25.7 Å². The standard InChI is InChI=1S/C15H21N5/c1-11(16)12-7-9-20(10-8-12)15-17-14(18-19-15)13-5-3-2-4-6-13/h2-6,11-12H,7-10,16H2,1H3,(H,17,18,19). The van der Waals surface area contributed by atoms with Gasteiger partial charge in [-0.1, -0.05) is 30.3 Å². The fraction of sp³-hybridized carbons (Fsp3) is 0.467. The van der Waals surface area contributed by atoms with Crippen molar-refractivity contribution in [3.63, 3.8) is 0 Å². The topological polar surface area (TPSA) is 70.8 Å². The first kappa shape index (κ1) is 13.1. The molecule has 0 saturated carbocycles. The molecule has 1 saturated heterocycles. The van der Waals surface area contributed by atoms with Crippen molar-refractivity contribution in [1.29, 1.82) is 0 Å². The van der Waals surface area contributed by atoms with Crippen molar-refractivity contribution in [2.24, 2.45) is 11.7 Å². The summed E-state index contributed by atoms with van der Waals surface area (Å²) >= 11 is 0. The minimum atomic E-state index is 0.282. The van der Waals surface area contributed by atoms with E-state index in [1.807, 2.05) is 30.3 Å². The molecule has 1 fully saturated rings. The molecule has 1 atom stereocenters. The SMILES string of the molecule is CC(N)C1CCN(c2n[nH]c(-c3ccccc3)n2)CC1. The van der Waals surface area contributed by atoms with Crippen LogP contribution >= 0.6 is 0 Å². The third-order valence-electron chi connectivity index (χ3n) is 4.09. The summed E-state index contributed by atoms with van der Waals surface area (Å²) in [5.41, 5.74) is 7.04. The van der Waals surface area contributed by atoms with Gasteiger partial charge in [0.25, 0.3) is 0 Å². The van der Waals surface area contributed by atoms with Crippen LogP contribution in [0.5, 0.6) is 0 Å². The van der Waals surface area contributed by atoms with Crippen molar-refractivity contribution < 1.29 is 0 Å². The Balaban J connectivity index is 1.69. The number of hydrogen-bond acceptors (Lipinski definition) is 4. The van der Waals surface area contributed by atoms with Crippen LogP contribution in [0.15, 0.2) is 30.3 Å². The molecule has 0 aliphatic carbocycles. The molecule has 0 spiro atoms. The molecule has 0 bridgehead atoms. The molecule has 3 N–H and O–H groups in total. The molecule has 5 heteroatoms. The zero-order chi connectivity index (χ0) is 13.9. The Kier molecular flexibility index (Phi) is 3.69. The number of aromatic nitrogens is 3. The van der Waals surface area contributed by atoms with E-state index in [9.17, 15) is 0 Å². The summed E-state index contributed by atoms with van der Waals surface area (Å²) in [5.74, 6) is 2.25. The minimum Gasteiger partial charge on any atom is -0.340 e. The molecule has 1 aromatic carbocycles. The number of piperidine rings is 1. The first-order valence-electron chi connectivity index (χ1n) is 7.22. The van der Waals surface area contributed by atoms with Crippen LogP contribution in [0.1, 0.15) is 19.8 Å². The molecule has 2 aromatic rings. The van der Waals surface area contributed by atoms with E-state index in [1.165, 1.54) is 0 Å². The summed E-state index contributed by atoms with van der Waals surface area (Å²) in [5, 5.41) is 7.37. The predicted molar refractivity (Wildman–Crippen MR) is 80.4 cm³/mol. The van der Waals surface area contributed by atoms with Gasteiger partial charge in [-0.15, -0.1) is 5.10 Å². The summed E-state index contributed by atoms with van der Waals surface area (Å²) in [4.78, 5) is 6.84. The Bertz CT molecular complexity index is 540. The van der Waals surface area contributed by atoms with Gasteiger partial charge in [-0.2, -0.15) is 4.98 Å². The van der Waals surface area contributed by atoms with Gasteiger partial charge in [-0.3, -0.25) is 5.10 Å². The van der Waals surface area contributed by atoms with Crippen LogP contribution in [0.2, 0.25) is 0 Å². The molecular formula is C15H21N5. The predicted octanol–water partition coefficient (Wildman–Crippen LogP) is 2.04. The molecule has 2 heterocycles. The van der Waals surface area contributed by atoms with Crippen LogP contribution in [0.3, 0.4) is 0 Å². The van der Waals surface area contributed by atoms with Crippen molar-refractivity contribution in [3.05, 3.63) is 30.3 Å². The third kappa shape index (κ3) is 2.67. The third-order valence-corrected chi connectivity index (χ3v) is 4.09. The summed E-state index contributed by atoms with van der Waals surface area (Å²) < 4.78 is 0. The molecule has 106 valence electrons. The van der Waals surface area contributed by atoms with Crippen LogP contribution in [-0.4, -0.2) is 34.3 Å². The summed E-state index contributed by atoms with van der Waals surface area (Å²) in [7, 11) is 0. The number of rotatable bonds is 3. The van der Waals surface area contributed by atoms with Crippen molar-refractivity contribution in [2.45, 2.75) is 25.8 Å². The maximum absolute atomic E-state index is 5.98. The Morgan fingerprint density at radius 1 is 1.25 bits per heavy atom. The van der Waals surface area contributed by atoms with Gasteiger partial charge in [0.15, 0.2) is 5.82 Å². The fourth-order valence-electron chi connectivity index (χ4n) is 2.74. The highest BCUT2D eigenvalue weighted by atomic mass is 15.4. The second-order valence-electron chi connectivity index (χ2n) is 5.53. The maximum atomic E-state index is 5.98. The Labute approximate surface area is 119 Å². The van der Waals surface area contributed by atoms with Gasteiger partial charge < -0.3 is 10.6 Å². The molecule has 0 amide bonds. The molecule has 5 nitrogen and oxygen atoms in total. The van der Waals surface area contributed by atoms with Crippen LogP contribution in [-0.2, 0) is 0 Å². The van der Waals surface area contributed by atoms with Crippen molar-refractivity contribution >= 4 is 5.95 Å². The van der Waals surface area contributed by atoms with E-state index in [0.717, 1.165) is 43.3 Å². The highest BCUT2D eigenvalue weighted by molar-refractivity contribution is 5.56. The number of nitrogens with zero attached hydrogens (tertiary/aromatic N) is 3. The summed E-state index contributed by atoms with van der Waals surface area (Å²) in [6.07, 6.45) is 2.24. The Morgan fingerprint density at radius 2 is 1.95 bits per heavy atom. The Hall–Kier alpha value is -1.88. The van der Waals surface area contributed by atoms with Crippen molar-refractivity contribution in [2.75, 3.05) is 18.0 Å². The lowest BCUT2D eigenvalue weighted by Crippen LogP contribution is -2.40. The maximum Gasteiger partial charge on any atom is 0.245 e. The quantitative estimate of drug-likeness (QED) is 0.896. The summed E-state index contributed by atoms with van der Waals surface area (Å²) in [6.45, 7) is 4.07. The van der Waals surface area contributed by atoms with Gasteiger partial charge in [0.2, 0.25) is 5.95 Å². The van der Waals surface area contributed by atoms with Gasteiger partial charge in [0.1, 0.15) is 0 Å². The Morgan fingerprint density at radius 3 is 2.60 bits per heavy atom. The largest absolute Gasteiger partial charge is 0.340 e. The summed E-state index contributed by atoms with van der Waals surface area (Å²) in [6, 6.07) is 10.4. The first-order chi connectivity index (χ1) is 9.74. The normalized spacial score (nSPS) is 18.2. The minimum absolute atomic E-state index is 0.282. The van der Waals surface area contributed by atoms with Gasteiger partial charge in [0, 0.05) is 24.7 Å². The van der Waals surface area contributed by atoms with Crippen LogP contribution in [0.25, 0.3) is 11.4 Å². The lowest BCUT2D eigenvalue weighted by Gasteiger charge is -2.32. The number of H-pyrrole nitrogens is 1. The fourth-order valence-corrected chi connectivity index (χ4v) is 2.74. The molecule has 0 radical (unpaired) electrons. The molecule has 3 rings (SSSR count). The zero-order valence-electron chi connectivity index (χ0n) is 11.8.